The van der Waals surface area contributed by atoms with E-state index in [4.69, 9.17) is 21.3 Å². The maximum absolute atomic E-state index is 12.3. The Morgan fingerprint density at radius 3 is 2.61 bits per heavy atom. The number of hydrogen-bond acceptors (Lipinski definition) is 6. The predicted molar refractivity (Wildman–Crippen MR) is 128 cm³/mol. The van der Waals surface area contributed by atoms with Gasteiger partial charge in [0.25, 0.3) is 5.91 Å². The maximum Gasteiger partial charge on any atom is 0.251 e. The lowest BCUT2D eigenvalue weighted by Crippen LogP contribution is -2.48. The summed E-state index contributed by atoms with van der Waals surface area (Å²) in [4.78, 5) is 21.9. The lowest BCUT2D eigenvalue weighted by Gasteiger charge is -2.34. The van der Waals surface area contributed by atoms with Crippen LogP contribution >= 0.6 is 22.9 Å². The molecule has 0 unspecified atom stereocenters. The minimum Gasteiger partial charge on any atom is -0.494 e. The molecule has 4 rings (SSSR count). The van der Waals surface area contributed by atoms with Gasteiger partial charge in [-0.2, -0.15) is 0 Å². The first-order chi connectivity index (χ1) is 15.0. The summed E-state index contributed by atoms with van der Waals surface area (Å²) < 4.78 is 6.59. The second-order valence-corrected chi connectivity index (χ2v) is 8.97. The fraction of sp³-hybridized carbons (Fsp3) is 0.391. The number of rotatable bonds is 7. The molecule has 164 valence electrons. The van der Waals surface area contributed by atoms with Gasteiger partial charge in [0.1, 0.15) is 5.75 Å². The van der Waals surface area contributed by atoms with Gasteiger partial charge in [-0.25, -0.2) is 4.98 Å². The van der Waals surface area contributed by atoms with Gasteiger partial charge in [0.15, 0.2) is 5.13 Å². The third-order valence-electron chi connectivity index (χ3n) is 5.52. The van der Waals surface area contributed by atoms with E-state index in [0.717, 1.165) is 59.7 Å². The molecule has 8 heteroatoms. The molecule has 1 saturated heterocycles. The Balaban J connectivity index is 1.24. The molecule has 6 nitrogen and oxygen atoms in total. The molecule has 2 aromatic carbocycles. The Morgan fingerprint density at radius 1 is 1.16 bits per heavy atom. The van der Waals surface area contributed by atoms with E-state index < -0.39 is 0 Å². The van der Waals surface area contributed by atoms with E-state index in [1.807, 2.05) is 32.0 Å². The van der Waals surface area contributed by atoms with Crippen molar-refractivity contribution in [1.82, 2.24) is 15.2 Å². The van der Waals surface area contributed by atoms with E-state index in [1.165, 1.54) is 4.70 Å². The molecule has 31 heavy (non-hydrogen) atoms. The third-order valence-corrected chi connectivity index (χ3v) is 7.01. The highest BCUT2D eigenvalue weighted by molar-refractivity contribution is 7.22. The Labute approximate surface area is 191 Å². The number of anilines is 1. The summed E-state index contributed by atoms with van der Waals surface area (Å²) in [5, 5.41) is 4.84. The number of hydrogen-bond donors (Lipinski definition) is 1. The van der Waals surface area contributed by atoms with Crippen LogP contribution in [0.1, 0.15) is 22.8 Å². The first kappa shape index (κ1) is 21.9. The van der Waals surface area contributed by atoms with Gasteiger partial charge in [-0.15, -0.1) is 0 Å². The van der Waals surface area contributed by atoms with Crippen LogP contribution < -0.4 is 15.0 Å². The number of nitrogens with zero attached hydrogens (tertiary/aromatic N) is 3. The number of fused-ring (bicyclic) bond motifs is 1. The highest BCUT2D eigenvalue weighted by Gasteiger charge is 2.20. The zero-order chi connectivity index (χ0) is 21.8. The number of thiazole rings is 1. The number of aromatic nitrogens is 1. The summed E-state index contributed by atoms with van der Waals surface area (Å²) in [6.45, 7) is 9.81. The first-order valence-electron chi connectivity index (χ1n) is 10.6. The molecule has 0 atom stereocenters. The minimum atomic E-state index is -0.0507. The molecule has 1 N–H and O–H groups in total. The molecule has 0 saturated carbocycles. The van der Waals surface area contributed by atoms with Crippen LogP contribution in [0, 0.1) is 6.92 Å². The number of ether oxygens (including phenoxy) is 1. The highest BCUT2D eigenvalue weighted by atomic mass is 35.5. The van der Waals surface area contributed by atoms with E-state index >= 15 is 0 Å². The Morgan fingerprint density at radius 2 is 1.90 bits per heavy atom. The summed E-state index contributed by atoms with van der Waals surface area (Å²) in [7, 11) is 0. The molecule has 1 aliphatic heterocycles. The minimum absolute atomic E-state index is 0.0507. The van der Waals surface area contributed by atoms with Crippen molar-refractivity contribution < 1.29 is 9.53 Å². The van der Waals surface area contributed by atoms with Crippen molar-refractivity contribution in [3.8, 4) is 5.75 Å². The normalized spacial score (nSPS) is 14.7. The lowest BCUT2D eigenvalue weighted by molar-refractivity contribution is 0.0947. The molecular weight excluding hydrogens is 432 g/mol. The fourth-order valence-corrected chi connectivity index (χ4v) is 4.91. The zero-order valence-corrected chi connectivity index (χ0v) is 19.4. The molecule has 0 aliphatic carbocycles. The van der Waals surface area contributed by atoms with Crippen LogP contribution in [0.5, 0.6) is 5.75 Å². The number of amides is 1. The molecule has 1 fully saturated rings. The monoisotopic (exact) mass is 458 g/mol. The first-order valence-corrected chi connectivity index (χ1v) is 11.8. The molecule has 1 amide bonds. The van der Waals surface area contributed by atoms with Crippen LogP contribution in [0.2, 0.25) is 5.02 Å². The van der Waals surface area contributed by atoms with Crippen LogP contribution in [0.4, 0.5) is 5.13 Å². The van der Waals surface area contributed by atoms with Gasteiger partial charge in [-0.05, 0) is 55.8 Å². The Kier molecular flexibility index (Phi) is 6.95. The quantitative estimate of drug-likeness (QED) is 0.574. The Bertz CT molecular complexity index is 1050. The average Bonchev–Trinajstić information content (AvgIpc) is 3.23. The molecule has 1 aliphatic rings. The van der Waals surface area contributed by atoms with Crippen molar-refractivity contribution in [3.63, 3.8) is 0 Å². The largest absolute Gasteiger partial charge is 0.494 e. The molecule has 0 bridgehead atoms. The van der Waals surface area contributed by atoms with Crippen molar-refractivity contribution >= 4 is 44.2 Å². The molecule has 2 heterocycles. The van der Waals surface area contributed by atoms with Crippen molar-refractivity contribution in [2.75, 3.05) is 50.8 Å². The van der Waals surface area contributed by atoms with Crippen molar-refractivity contribution in [3.05, 3.63) is 52.5 Å². The van der Waals surface area contributed by atoms with Crippen LogP contribution in [-0.2, 0) is 0 Å². The van der Waals surface area contributed by atoms with Crippen LogP contribution in [0.15, 0.2) is 36.4 Å². The van der Waals surface area contributed by atoms with E-state index in [2.05, 4.69) is 21.2 Å². The van der Waals surface area contributed by atoms with Gasteiger partial charge in [-0.1, -0.05) is 22.9 Å². The number of benzene rings is 2. The lowest BCUT2D eigenvalue weighted by atomic mass is 10.2. The van der Waals surface area contributed by atoms with E-state index in [1.54, 1.807) is 23.5 Å². The van der Waals surface area contributed by atoms with E-state index in [-0.39, 0.29) is 5.91 Å². The van der Waals surface area contributed by atoms with Crippen LogP contribution in [0.3, 0.4) is 0 Å². The third kappa shape index (κ3) is 5.11. The van der Waals surface area contributed by atoms with E-state index in [9.17, 15) is 4.79 Å². The van der Waals surface area contributed by atoms with Gasteiger partial charge in [0, 0.05) is 49.9 Å². The average molecular weight is 459 g/mol. The van der Waals surface area contributed by atoms with Gasteiger partial charge in [0.2, 0.25) is 0 Å². The summed E-state index contributed by atoms with van der Waals surface area (Å²) in [5.74, 6) is 0.730. The SMILES string of the molecule is CCOc1ccc(C(=O)NCCN2CCN(c3nc4c(C)c(Cl)ccc4s3)CC2)cc1. The van der Waals surface area contributed by atoms with Gasteiger partial charge in [0.05, 0.1) is 16.8 Å². The topological polar surface area (TPSA) is 57.7 Å². The molecule has 0 spiro atoms. The summed E-state index contributed by atoms with van der Waals surface area (Å²) in [6.07, 6.45) is 0. The second kappa shape index (κ2) is 9.85. The molecular formula is C23H27ClN4O2S. The number of nitrogens with one attached hydrogen (secondary N) is 1. The second-order valence-electron chi connectivity index (χ2n) is 7.56. The van der Waals surface area contributed by atoms with Crippen molar-refractivity contribution in [2.45, 2.75) is 13.8 Å². The smallest absolute Gasteiger partial charge is 0.251 e. The number of carbonyl (C=O) groups excluding carboxylic acids is 1. The van der Waals surface area contributed by atoms with Crippen LogP contribution in [-0.4, -0.2) is 61.7 Å². The van der Waals surface area contributed by atoms with Gasteiger partial charge in [-0.3, -0.25) is 9.69 Å². The molecule has 3 aromatic rings. The number of carbonyl (C=O) groups is 1. The van der Waals surface area contributed by atoms with E-state index in [0.29, 0.717) is 18.7 Å². The predicted octanol–water partition coefficient (Wildman–Crippen LogP) is 4.21. The summed E-state index contributed by atoms with van der Waals surface area (Å²) in [5.41, 5.74) is 2.70. The maximum atomic E-state index is 12.3. The summed E-state index contributed by atoms with van der Waals surface area (Å²) >= 11 is 7.96. The fourth-order valence-electron chi connectivity index (χ4n) is 3.69. The van der Waals surface area contributed by atoms with Gasteiger partial charge < -0.3 is 15.0 Å². The number of halogens is 1. The zero-order valence-electron chi connectivity index (χ0n) is 17.9. The van der Waals surface area contributed by atoms with Crippen molar-refractivity contribution in [1.29, 1.82) is 0 Å². The highest BCUT2D eigenvalue weighted by Crippen LogP contribution is 2.33. The van der Waals surface area contributed by atoms with Crippen LogP contribution in [0.25, 0.3) is 10.2 Å². The molecule has 1 aromatic heterocycles. The molecule has 0 radical (unpaired) electrons. The number of aryl methyl sites for hydroxylation is 1. The Hall–Kier alpha value is -2.35. The summed E-state index contributed by atoms with van der Waals surface area (Å²) in [6, 6.07) is 11.2. The number of piperazine rings is 1. The van der Waals surface area contributed by atoms with Crippen molar-refractivity contribution in [2.24, 2.45) is 0 Å². The standard InChI is InChI=1S/C23H27ClN4O2S/c1-3-30-18-6-4-17(5-7-18)22(29)25-10-11-27-12-14-28(15-13-27)23-26-21-16(2)19(24)8-9-20(21)31-23/h4-9H,3,10-15H2,1-2H3,(H,25,29). The van der Waals surface area contributed by atoms with Gasteiger partial charge >= 0.3 is 0 Å².